The molecule has 7 heteroatoms. The highest BCUT2D eigenvalue weighted by molar-refractivity contribution is 5.87. The van der Waals surface area contributed by atoms with Crippen molar-refractivity contribution in [1.82, 2.24) is 10.2 Å². The first-order chi connectivity index (χ1) is 15.5. The molecule has 0 aromatic heterocycles. The Morgan fingerprint density at radius 1 is 1.12 bits per heavy atom. The topological polar surface area (TPSA) is 67.9 Å². The van der Waals surface area contributed by atoms with E-state index in [1.807, 2.05) is 25.1 Å². The van der Waals surface area contributed by atoms with E-state index in [-0.39, 0.29) is 24.8 Å². The lowest BCUT2D eigenvalue weighted by Gasteiger charge is -2.29. The number of aryl methyl sites for hydroxylation is 1. The Morgan fingerprint density at radius 2 is 1.88 bits per heavy atom. The Hall–Kier alpha value is -3.09. The molecule has 32 heavy (non-hydrogen) atoms. The van der Waals surface area contributed by atoms with Crippen LogP contribution < -0.4 is 14.8 Å². The second kappa shape index (κ2) is 11.5. The predicted molar refractivity (Wildman–Crippen MR) is 120 cm³/mol. The zero-order valence-electron chi connectivity index (χ0n) is 18.7. The van der Waals surface area contributed by atoms with Crippen LogP contribution in [0.4, 0.5) is 4.39 Å². The number of amides is 2. The maximum absolute atomic E-state index is 14.3. The lowest BCUT2D eigenvalue weighted by Crippen LogP contribution is -2.48. The Morgan fingerprint density at radius 3 is 2.62 bits per heavy atom. The number of nitrogens with one attached hydrogen (secondary N) is 1. The van der Waals surface area contributed by atoms with E-state index in [0.29, 0.717) is 43.2 Å². The third-order valence-electron chi connectivity index (χ3n) is 5.53. The molecule has 1 atom stereocenters. The maximum Gasteiger partial charge on any atom is 0.242 e. The Balaban J connectivity index is 1.70. The Bertz CT molecular complexity index is 934. The van der Waals surface area contributed by atoms with E-state index in [1.54, 1.807) is 25.1 Å². The molecule has 1 aliphatic rings. The number of carbonyl (C=O) groups is 2. The van der Waals surface area contributed by atoms with Crippen molar-refractivity contribution in [3.05, 3.63) is 59.4 Å². The molecule has 0 radical (unpaired) electrons. The molecule has 2 aromatic carbocycles. The van der Waals surface area contributed by atoms with E-state index in [9.17, 15) is 14.0 Å². The second-order valence-electron chi connectivity index (χ2n) is 7.91. The van der Waals surface area contributed by atoms with Crippen LogP contribution in [0.1, 0.15) is 44.2 Å². The average Bonchev–Trinajstić information content (AvgIpc) is 2.81. The van der Waals surface area contributed by atoms with E-state index in [2.05, 4.69) is 5.32 Å². The summed E-state index contributed by atoms with van der Waals surface area (Å²) in [6.07, 6.45) is 2.50. The summed E-state index contributed by atoms with van der Waals surface area (Å²) in [5, 5.41) is 2.87. The van der Waals surface area contributed by atoms with E-state index >= 15 is 0 Å². The highest BCUT2D eigenvalue weighted by atomic mass is 19.1. The average molecular weight is 443 g/mol. The molecule has 1 aliphatic heterocycles. The molecule has 0 fully saturated rings. The van der Waals surface area contributed by atoms with E-state index in [1.165, 1.54) is 11.0 Å². The van der Waals surface area contributed by atoms with Gasteiger partial charge < -0.3 is 19.7 Å². The van der Waals surface area contributed by atoms with Crippen molar-refractivity contribution in [2.75, 3.05) is 19.8 Å². The molecule has 1 N–H and O–H groups in total. The summed E-state index contributed by atoms with van der Waals surface area (Å²) in [5.74, 6) is 0.539. The van der Waals surface area contributed by atoms with Crippen LogP contribution in [0.2, 0.25) is 0 Å². The van der Waals surface area contributed by atoms with Crippen molar-refractivity contribution in [3.63, 3.8) is 0 Å². The molecule has 1 unspecified atom stereocenters. The monoisotopic (exact) mass is 442 g/mol. The number of halogens is 1. The number of ether oxygens (including phenoxy) is 2. The molecule has 0 spiro atoms. The van der Waals surface area contributed by atoms with Crippen LogP contribution in [-0.2, 0) is 22.6 Å². The second-order valence-corrected chi connectivity index (χ2v) is 7.91. The standard InChI is InChI=1S/C25H31FN2O4/c1-3-4-13-27-25(30)18(2)28(17-20-7-5-6-8-21(20)26)24(29)12-10-19-9-11-22-23(16-19)32-15-14-31-22/h5-9,11,16,18H,3-4,10,12-15,17H2,1-2H3,(H,27,30). The smallest absolute Gasteiger partial charge is 0.242 e. The number of unbranched alkanes of at least 4 members (excludes halogenated alkanes) is 1. The molecule has 172 valence electrons. The van der Waals surface area contributed by atoms with Gasteiger partial charge in [-0.15, -0.1) is 0 Å². The minimum absolute atomic E-state index is 0.0367. The minimum Gasteiger partial charge on any atom is -0.486 e. The van der Waals surface area contributed by atoms with Gasteiger partial charge in [0.25, 0.3) is 0 Å². The van der Waals surface area contributed by atoms with Crippen molar-refractivity contribution in [3.8, 4) is 11.5 Å². The van der Waals surface area contributed by atoms with Crippen molar-refractivity contribution < 1.29 is 23.5 Å². The van der Waals surface area contributed by atoms with Crippen molar-refractivity contribution in [2.45, 2.75) is 52.1 Å². The normalized spacial score (nSPS) is 13.3. The van der Waals surface area contributed by atoms with Crippen LogP contribution in [0.25, 0.3) is 0 Å². The summed E-state index contributed by atoms with van der Waals surface area (Å²) < 4.78 is 25.4. The van der Waals surface area contributed by atoms with Crippen molar-refractivity contribution in [1.29, 1.82) is 0 Å². The van der Waals surface area contributed by atoms with Crippen LogP contribution in [0.3, 0.4) is 0 Å². The summed E-state index contributed by atoms with van der Waals surface area (Å²) >= 11 is 0. The minimum atomic E-state index is -0.709. The molecule has 1 heterocycles. The van der Waals surface area contributed by atoms with Gasteiger partial charge in [0.15, 0.2) is 11.5 Å². The predicted octanol–water partition coefficient (Wildman–Crippen LogP) is 3.86. The van der Waals surface area contributed by atoms with E-state index in [0.717, 1.165) is 18.4 Å². The third kappa shape index (κ3) is 6.22. The molecule has 3 rings (SSSR count). The first-order valence-corrected chi connectivity index (χ1v) is 11.2. The van der Waals surface area contributed by atoms with Gasteiger partial charge in [0, 0.05) is 25.1 Å². The number of nitrogens with zero attached hydrogens (tertiary/aromatic N) is 1. The van der Waals surface area contributed by atoms with Gasteiger partial charge >= 0.3 is 0 Å². The molecular weight excluding hydrogens is 411 g/mol. The van der Waals surface area contributed by atoms with Gasteiger partial charge in [-0.05, 0) is 43.5 Å². The summed E-state index contributed by atoms with van der Waals surface area (Å²) in [6, 6.07) is 11.2. The zero-order valence-corrected chi connectivity index (χ0v) is 18.7. The number of hydrogen-bond acceptors (Lipinski definition) is 4. The number of benzene rings is 2. The SMILES string of the molecule is CCCCNC(=O)C(C)N(Cc1ccccc1F)C(=O)CCc1ccc2c(c1)OCCO2. The number of fused-ring (bicyclic) bond motifs is 1. The van der Waals surface area contributed by atoms with Gasteiger partial charge in [0.1, 0.15) is 25.1 Å². The van der Waals surface area contributed by atoms with Crippen LogP contribution in [0.5, 0.6) is 11.5 Å². The number of carbonyl (C=O) groups excluding carboxylic acids is 2. The van der Waals surface area contributed by atoms with E-state index in [4.69, 9.17) is 9.47 Å². The first kappa shape index (κ1) is 23.6. The van der Waals surface area contributed by atoms with Gasteiger partial charge in [0.2, 0.25) is 11.8 Å². The lowest BCUT2D eigenvalue weighted by molar-refractivity contribution is -0.140. The molecule has 2 aromatic rings. The summed E-state index contributed by atoms with van der Waals surface area (Å²) in [4.78, 5) is 27.3. The molecule has 0 aliphatic carbocycles. The molecule has 0 saturated heterocycles. The Labute approximate surface area is 188 Å². The van der Waals surface area contributed by atoms with Crippen molar-refractivity contribution >= 4 is 11.8 Å². The van der Waals surface area contributed by atoms with Crippen LogP contribution in [-0.4, -0.2) is 42.5 Å². The maximum atomic E-state index is 14.3. The summed E-state index contributed by atoms with van der Waals surface area (Å²) in [6.45, 7) is 5.34. The number of hydrogen-bond donors (Lipinski definition) is 1. The van der Waals surface area contributed by atoms with Crippen LogP contribution in [0, 0.1) is 5.82 Å². The fourth-order valence-electron chi connectivity index (χ4n) is 3.57. The molecule has 2 amide bonds. The summed E-state index contributed by atoms with van der Waals surface area (Å²) in [5.41, 5.74) is 1.32. The fraction of sp³-hybridized carbons (Fsp3) is 0.440. The summed E-state index contributed by atoms with van der Waals surface area (Å²) in [7, 11) is 0. The quantitative estimate of drug-likeness (QED) is 0.568. The van der Waals surface area contributed by atoms with Gasteiger partial charge in [-0.25, -0.2) is 4.39 Å². The highest BCUT2D eigenvalue weighted by Gasteiger charge is 2.26. The van der Waals surface area contributed by atoms with Crippen LogP contribution in [0.15, 0.2) is 42.5 Å². The lowest BCUT2D eigenvalue weighted by atomic mass is 10.1. The van der Waals surface area contributed by atoms with E-state index < -0.39 is 11.9 Å². The zero-order chi connectivity index (χ0) is 22.9. The van der Waals surface area contributed by atoms with Crippen molar-refractivity contribution in [2.24, 2.45) is 0 Å². The first-order valence-electron chi connectivity index (χ1n) is 11.2. The molecule has 6 nitrogen and oxygen atoms in total. The third-order valence-corrected chi connectivity index (χ3v) is 5.53. The molecule has 0 bridgehead atoms. The Kier molecular flexibility index (Phi) is 8.48. The van der Waals surface area contributed by atoms with Gasteiger partial charge in [-0.1, -0.05) is 37.6 Å². The number of rotatable bonds is 10. The van der Waals surface area contributed by atoms with Gasteiger partial charge in [-0.2, -0.15) is 0 Å². The highest BCUT2D eigenvalue weighted by Crippen LogP contribution is 2.31. The molecule has 0 saturated carbocycles. The van der Waals surface area contributed by atoms with Crippen LogP contribution >= 0.6 is 0 Å². The largest absolute Gasteiger partial charge is 0.486 e. The van der Waals surface area contributed by atoms with Gasteiger partial charge in [-0.3, -0.25) is 9.59 Å². The fourth-order valence-corrected chi connectivity index (χ4v) is 3.57. The van der Waals surface area contributed by atoms with Gasteiger partial charge in [0.05, 0.1) is 0 Å². The molecular formula is C25H31FN2O4.